The molecule has 116 valence electrons. The van der Waals surface area contributed by atoms with Gasteiger partial charge in [-0.2, -0.15) is 0 Å². The highest BCUT2D eigenvalue weighted by molar-refractivity contribution is 8.76. The molecule has 0 unspecified atom stereocenters. The lowest BCUT2D eigenvalue weighted by Gasteiger charge is -2.12. The van der Waals surface area contributed by atoms with E-state index in [1.54, 1.807) is 0 Å². The van der Waals surface area contributed by atoms with Crippen molar-refractivity contribution in [3.05, 3.63) is 12.7 Å². The molecule has 0 atom stereocenters. The number of hydrogen-bond donors (Lipinski definition) is 0. The van der Waals surface area contributed by atoms with E-state index in [9.17, 15) is 4.79 Å². The highest BCUT2D eigenvalue weighted by atomic mass is 33.1. The molecule has 20 heavy (non-hydrogen) atoms. The van der Waals surface area contributed by atoms with Crippen LogP contribution in [0.3, 0.4) is 0 Å². The Morgan fingerprint density at radius 1 is 1.25 bits per heavy atom. The average Bonchev–Trinajstić information content (AvgIpc) is 2.97. The maximum absolute atomic E-state index is 10.8. The van der Waals surface area contributed by atoms with Crippen molar-refractivity contribution in [3.8, 4) is 0 Å². The summed E-state index contributed by atoms with van der Waals surface area (Å²) in [7, 11) is 3.99. The van der Waals surface area contributed by atoms with Crippen LogP contribution >= 0.6 is 33.3 Å². The fraction of sp³-hybridized carbons (Fsp3) is 0.786. The fourth-order valence-corrected chi connectivity index (χ4v) is 4.97. The van der Waals surface area contributed by atoms with Gasteiger partial charge in [0, 0.05) is 42.3 Å². The van der Waals surface area contributed by atoms with Crippen LogP contribution in [0.5, 0.6) is 0 Å². The normalized spacial score (nSPS) is 15.4. The Hall–Kier alpha value is 0.220. The smallest absolute Gasteiger partial charge is 0.330 e. The van der Waals surface area contributed by atoms with Gasteiger partial charge in [0.2, 0.25) is 0 Å². The molecule has 0 bridgehead atoms. The van der Waals surface area contributed by atoms with Gasteiger partial charge in [-0.05, 0) is 12.8 Å². The molecule has 1 rings (SSSR count). The highest BCUT2D eigenvalue weighted by Crippen LogP contribution is 2.23. The van der Waals surface area contributed by atoms with Crippen LogP contribution in [0.25, 0.3) is 0 Å². The van der Waals surface area contributed by atoms with Crippen LogP contribution in [0.4, 0.5) is 0 Å². The molecule has 6 heteroatoms. The van der Waals surface area contributed by atoms with E-state index in [2.05, 4.69) is 11.5 Å². The zero-order chi connectivity index (χ0) is 14.5. The van der Waals surface area contributed by atoms with Gasteiger partial charge in [-0.3, -0.25) is 4.90 Å². The van der Waals surface area contributed by atoms with Gasteiger partial charge < -0.3 is 4.74 Å². The Bertz CT molecular complexity index is 271. The third kappa shape index (κ3) is 10.0. The minimum atomic E-state index is -0.312. The van der Waals surface area contributed by atoms with Crippen LogP contribution in [0.1, 0.15) is 25.7 Å². The molecular weight excluding hydrogens is 310 g/mol. The summed E-state index contributed by atoms with van der Waals surface area (Å²) < 4.78 is 4.93. The van der Waals surface area contributed by atoms with Crippen molar-refractivity contribution in [2.24, 2.45) is 0 Å². The summed E-state index contributed by atoms with van der Waals surface area (Å²) in [5.41, 5.74) is 0. The molecule has 0 amide bonds. The first kappa shape index (κ1) is 18.3. The van der Waals surface area contributed by atoms with Crippen molar-refractivity contribution in [3.63, 3.8) is 0 Å². The number of ether oxygens (including phenoxy) is 1. The average molecular weight is 336 g/mol. The van der Waals surface area contributed by atoms with Gasteiger partial charge >= 0.3 is 5.97 Å². The molecule has 1 saturated heterocycles. The third-order valence-electron chi connectivity index (χ3n) is 2.93. The molecule has 1 aliphatic rings. The quantitative estimate of drug-likeness (QED) is 0.234. The maximum atomic E-state index is 10.8. The molecular formula is C14H25NO2S3. The number of hydrogen-bond acceptors (Lipinski definition) is 6. The van der Waals surface area contributed by atoms with E-state index in [4.69, 9.17) is 4.74 Å². The molecule has 0 radical (unpaired) electrons. The Kier molecular flexibility index (Phi) is 11.8. The molecule has 1 aliphatic heterocycles. The maximum Gasteiger partial charge on any atom is 0.330 e. The van der Waals surface area contributed by atoms with Crippen molar-refractivity contribution in [2.75, 3.05) is 42.8 Å². The molecule has 3 nitrogen and oxygen atoms in total. The highest BCUT2D eigenvalue weighted by Gasteiger charge is 2.10. The summed E-state index contributed by atoms with van der Waals surface area (Å²) in [4.78, 5) is 13.3. The van der Waals surface area contributed by atoms with E-state index in [0.29, 0.717) is 6.61 Å². The summed E-state index contributed by atoms with van der Waals surface area (Å²) in [5, 5.41) is 0. The second-order valence-electron chi connectivity index (χ2n) is 4.59. The van der Waals surface area contributed by atoms with Crippen LogP contribution in [0.15, 0.2) is 12.7 Å². The number of carbonyl (C=O) groups excluding carboxylic acids is 1. The van der Waals surface area contributed by atoms with Crippen LogP contribution in [0, 0.1) is 0 Å². The standard InChI is InChI=1S/C14H25NO2S3/c1-2-14(16)17-9-5-3-4-6-10-19-20-12-8-15-7-11-18-13-15/h2H,1,3-13H2. The summed E-state index contributed by atoms with van der Waals surface area (Å²) >= 11 is 2.04. The zero-order valence-electron chi connectivity index (χ0n) is 12.1. The molecule has 1 heterocycles. The Morgan fingerprint density at radius 2 is 2.05 bits per heavy atom. The Balaban J connectivity index is 1.72. The monoisotopic (exact) mass is 335 g/mol. The van der Waals surface area contributed by atoms with Gasteiger partial charge in [0.25, 0.3) is 0 Å². The lowest BCUT2D eigenvalue weighted by atomic mass is 10.2. The first-order chi connectivity index (χ1) is 9.83. The molecule has 1 fully saturated rings. The first-order valence-corrected chi connectivity index (χ1v) is 10.8. The first-order valence-electron chi connectivity index (χ1n) is 7.16. The van der Waals surface area contributed by atoms with Crippen molar-refractivity contribution in [1.29, 1.82) is 0 Å². The Labute approximate surface area is 135 Å². The van der Waals surface area contributed by atoms with E-state index in [1.807, 2.05) is 33.3 Å². The Morgan fingerprint density at radius 3 is 2.80 bits per heavy atom. The molecule has 0 spiro atoms. The summed E-state index contributed by atoms with van der Waals surface area (Å²) in [5.74, 6) is 4.68. The van der Waals surface area contributed by atoms with Gasteiger partial charge in [-0.15, -0.1) is 11.8 Å². The van der Waals surface area contributed by atoms with Crippen LogP contribution in [-0.4, -0.2) is 53.7 Å². The molecule has 0 aromatic carbocycles. The number of carbonyl (C=O) groups is 1. The van der Waals surface area contributed by atoms with Gasteiger partial charge in [-0.1, -0.05) is 41.0 Å². The minimum Gasteiger partial charge on any atom is -0.463 e. The van der Waals surface area contributed by atoms with Crippen molar-refractivity contribution >= 4 is 39.3 Å². The topological polar surface area (TPSA) is 29.5 Å². The van der Waals surface area contributed by atoms with Crippen LogP contribution in [-0.2, 0) is 9.53 Å². The number of thioether (sulfide) groups is 1. The summed E-state index contributed by atoms with van der Waals surface area (Å²) in [6, 6.07) is 0. The summed E-state index contributed by atoms with van der Waals surface area (Å²) in [6.45, 7) is 6.40. The summed E-state index contributed by atoms with van der Waals surface area (Å²) in [6.07, 6.45) is 5.80. The van der Waals surface area contributed by atoms with Gasteiger partial charge in [-0.25, -0.2) is 4.79 Å². The molecule has 0 aromatic rings. The van der Waals surface area contributed by atoms with E-state index in [-0.39, 0.29) is 5.97 Å². The van der Waals surface area contributed by atoms with Crippen LogP contribution < -0.4 is 0 Å². The lowest BCUT2D eigenvalue weighted by Crippen LogP contribution is -2.21. The second kappa shape index (κ2) is 12.9. The van der Waals surface area contributed by atoms with E-state index >= 15 is 0 Å². The lowest BCUT2D eigenvalue weighted by molar-refractivity contribution is -0.137. The van der Waals surface area contributed by atoms with E-state index in [0.717, 1.165) is 12.8 Å². The number of rotatable bonds is 12. The second-order valence-corrected chi connectivity index (χ2v) is 8.36. The number of unbranched alkanes of at least 4 members (excludes halogenated alkanes) is 3. The zero-order valence-corrected chi connectivity index (χ0v) is 14.5. The number of nitrogens with zero attached hydrogens (tertiary/aromatic N) is 1. The SMILES string of the molecule is C=CC(=O)OCCCCCCSSCCN1CCSC1. The molecule has 0 aromatic heterocycles. The minimum absolute atomic E-state index is 0.312. The van der Waals surface area contributed by atoms with Crippen molar-refractivity contribution in [1.82, 2.24) is 4.90 Å². The molecule has 0 saturated carbocycles. The van der Waals surface area contributed by atoms with Gasteiger partial charge in [0.05, 0.1) is 6.61 Å². The largest absolute Gasteiger partial charge is 0.463 e. The third-order valence-corrected chi connectivity index (χ3v) is 6.42. The predicted octanol–water partition coefficient (Wildman–Crippen LogP) is 3.66. The van der Waals surface area contributed by atoms with Crippen LogP contribution in [0.2, 0.25) is 0 Å². The van der Waals surface area contributed by atoms with Crippen molar-refractivity contribution in [2.45, 2.75) is 25.7 Å². The van der Waals surface area contributed by atoms with E-state index in [1.165, 1.54) is 55.1 Å². The van der Waals surface area contributed by atoms with Gasteiger partial charge in [0.1, 0.15) is 0 Å². The van der Waals surface area contributed by atoms with E-state index < -0.39 is 0 Å². The predicted molar refractivity (Wildman–Crippen MR) is 93.4 cm³/mol. The fourth-order valence-electron chi connectivity index (χ4n) is 1.76. The molecule has 0 N–H and O–H groups in total. The molecule has 0 aliphatic carbocycles. The number of esters is 1. The van der Waals surface area contributed by atoms with Gasteiger partial charge in [0.15, 0.2) is 0 Å². The van der Waals surface area contributed by atoms with Crippen molar-refractivity contribution < 1.29 is 9.53 Å².